The first kappa shape index (κ1) is 8.43. The van der Waals surface area contributed by atoms with Crippen molar-refractivity contribution in [2.75, 3.05) is 19.8 Å². The van der Waals surface area contributed by atoms with Crippen LogP contribution in [-0.2, 0) is 4.74 Å². The zero-order valence-corrected chi connectivity index (χ0v) is 5.71. The molecule has 0 aliphatic carbocycles. The lowest BCUT2D eigenvalue weighted by Gasteiger charge is -1.76. The first-order chi connectivity index (χ1) is 4.41. The lowest BCUT2D eigenvalue weighted by Crippen LogP contribution is -1.80. The van der Waals surface area contributed by atoms with E-state index in [2.05, 4.69) is 9.73 Å². The van der Waals surface area contributed by atoms with Crippen LogP contribution in [0.15, 0.2) is 4.99 Å². The summed E-state index contributed by atoms with van der Waals surface area (Å²) < 4.78 is 4.65. The Balaban J connectivity index is 0.000000148. The molecule has 3 nitrogen and oxygen atoms in total. The quantitative estimate of drug-likeness (QED) is 0.560. The molecule has 0 unspecified atom stereocenters. The Morgan fingerprint density at radius 3 is 2.56 bits per heavy atom. The van der Waals surface area contributed by atoms with Crippen molar-refractivity contribution in [2.45, 2.75) is 13.3 Å². The Kier molecular flexibility index (Phi) is 6.96. The summed E-state index contributed by atoms with van der Waals surface area (Å²) in [4.78, 5) is 3.74. The number of aliphatic hydroxyl groups excluding tert-OH is 1. The van der Waals surface area contributed by atoms with Gasteiger partial charge in [0.25, 0.3) is 0 Å². The van der Waals surface area contributed by atoms with E-state index in [-0.39, 0.29) is 0 Å². The molecule has 0 aromatic heterocycles. The van der Waals surface area contributed by atoms with Gasteiger partial charge in [0, 0.05) is 6.61 Å². The highest BCUT2D eigenvalue weighted by atomic mass is 16.5. The van der Waals surface area contributed by atoms with Crippen LogP contribution in [0, 0.1) is 0 Å². The molecule has 1 rings (SSSR count). The van der Waals surface area contributed by atoms with Crippen LogP contribution in [0.4, 0.5) is 0 Å². The highest BCUT2D eigenvalue weighted by Crippen LogP contribution is 1.78. The van der Waals surface area contributed by atoms with E-state index in [0.717, 1.165) is 19.6 Å². The molecule has 1 aliphatic rings. The van der Waals surface area contributed by atoms with Crippen LogP contribution in [0.3, 0.4) is 0 Å². The van der Waals surface area contributed by atoms with Crippen molar-refractivity contribution in [2.24, 2.45) is 4.99 Å². The van der Waals surface area contributed by atoms with Gasteiger partial charge in [-0.1, -0.05) is 6.92 Å². The molecule has 0 radical (unpaired) electrons. The molecule has 0 saturated carbocycles. The molecular weight excluding hydrogens is 118 g/mol. The van der Waals surface area contributed by atoms with Gasteiger partial charge in [-0.3, -0.25) is 4.99 Å². The van der Waals surface area contributed by atoms with Gasteiger partial charge in [0.2, 0.25) is 0 Å². The first-order valence-corrected chi connectivity index (χ1v) is 3.12. The molecule has 0 amide bonds. The van der Waals surface area contributed by atoms with Crippen LogP contribution in [-0.4, -0.2) is 31.3 Å². The third-order valence-corrected chi connectivity index (χ3v) is 0.711. The Bertz CT molecular complexity index is 65.5. The van der Waals surface area contributed by atoms with Crippen molar-refractivity contribution in [3.05, 3.63) is 0 Å². The Morgan fingerprint density at radius 2 is 2.44 bits per heavy atom. The van der Waals surface area contributed by atoms with Crippen molar-refractivity contribution in [3.63, 3.8) is 0 Å². The van der Waals surface area contributed by atoms with E-state index < -0.39 is 0 Å². The summed E-state index contributed by atoms with van der Waals surface area (Å²) in [5, 5.41) is 7.88. The normalized spacial score (nSPS) is 14.0. The Morgan fingerprint density at radius 1 is 1.78 bits per heavy atom. The van der Waals surface area contributed by atoms with Crippen LogP contribution in [0.5, 0.6) is 0 Å². The standard InChI is InChI=1S/C3H5NO.C3H8O/c1-2-5-3-4-1;1-2-3-4/h3H,1-2H2;4H,2-3H2,1H3. The molecule has 0 aromatic carbocycles. The van der Waals surface area contributed by atoms with Crippen molar-refractivity contribution < 1.29 is 9.84 Å². The lowest BCUT2D eigenvalue weighted by atomic mass is 10.5. The van der Waals surface area contributed by atoms with Crippen molar-refractivity contribution in [3.8, 4) is 0 Å². The highest BCUT2D eigenvalue weighted by molar-refractivity contribution is 5.47. The number of aliphatic imine (C=N–C) groups is 1. The van der Waals surface area contributed by atoms with Gasteiger partial charge in [-0.05, 0) is 6.42 Å². The third kappa shape index (κ3) is 7.43. The van der Waals surface area contributed by atoms with Crippen molar-refractivity contribution in [1.82, 2.24) is 0 Å². The second-order valence-electron chi connectivity index (χ2n) is 1.61. The maximum absolute atomic E-state index is 7.88. The summed E-state index contributed by atoms with van der Waals surface area (Å²) in [6.07, 6.45) is 2.36. The summed E-state index contributed by atoms with van der Waals surface area (Å²) in [6, 6.07) is 0. The Hall–Kier alpha value is -0.570. The summed E-state index contributed by atoms with van der Waals surface area (Å²) in [5.41, 5.74) is 0. The van der Waals surface area contributed by atoms with Crippen LogP contribution in [0.2, 0.25) is 0 Å². The van der Waals surface area contributed by atoms with Crippen LogP contribution in [0.1, 0.15) is 13.3 Å². The smallest absolute Gasteiger partial charge is 0.169 e. The monoisotopic (exact) mass is 131 g/mol. The molecule has 0 atom stereocenters. The molecule has 0 fully saturated rings. The van der Waals surface area contributed by atoms with E-state index in [1.54, 1.807) is 0 Å². The predicted molar refractivity (Wildman–Crippen MR) is 36.7 cm³/mol. The van der Waals surface area contributed by atoms with Gasteiger partial charge in [-0.25, -0.2) is 0 Å². The highest BCUT2D eigenvalue weighted by Gasteiger charge is 1.84. The summed E-state index contributed by atoms with van der Waals surface area (Å²) in [6.45, 7) is 3.88. The topological polar surface area (TPSA) is 41.8 Å². The lowest BCUT2D eigenvalue weighted by molar-refractivity contribution is 0.295. The molecular formula is C6H13NO2. The third-order valence-electron chi connectivity index (χ3n) is 0.711. The SMILES string of the molecule is C1=NCCO1.CCCO. The molecule has 9 heavy (non-hydrogen) atoms. The van der Waals surface area contributed by atoms with Gasteiger partial charge in [0.1, 0.15) is 6.61 Å². The number of hydrogen-bond donors (Lipinski definition) is 1. The summed E-state index contributed by atoms with van der Waals surface area (Å²) >= 11 is 0. The maximum Gasteiger partial charge on any atom is 0.169 e. The van der Waals surface area contributed by atoms with Gasteiger partial charge in [0.15, 0.2) is 6.40 Å². The minimum absolute atomic E-state index is 0.319. The molecule has 3 heteroatoms. The molecule has 0 bridgehead atoms. The fourth-order valence-corrected chi connectivity index (χ4v) is 0.264. The molecule has 54 valence electrons. The molecule has 0 spiro atoms. The number of rotatable bonds is 1. The second-order valence-corrected chi connectivity index (χ2v) is 1.61. The van der Waals surface area contributed by atoms with Gasteiger partial charge in [0.05, 0.1) is 6.54 Å². The van der Waals surface area contributed by atoms with E-state index in [9.17, 15) is 0 Å². The molecule has 1 aliphatic heterocycles. The van der Waals surface area contributed by atoms with E-state index in [4.69, 9.17) is 5.11 Å². The number of aliphatic hydroxyl groups is 1. The van der Waals surface area contributed by atoms with Crippen molar-refractivity contribution in [1.29, 1.82) is 0 Å². The minimum Gasteiger partial charge on any atom is -0.482 e. The number of nitrogens with zero attached hydrogens (tertiary/aromatic N) is 1. The second kappa shape index (κ2) is 7.43. The van der Waals surface area contributed by atoms with Gasteiger partial charge in [-0.2, -0.15) is 0 Å². The van der Waals surface area contributed by atoms with Crippen LogP contribution in [0.25, 0.3) is 0 Å². The minimum atomic E-state index is 0.319. The maximum atomic E-state index is 7.88. The van der Waals surface area contributed by atoms with Gasteiger partial charge < -0.3 is 9.84 Å². The van der Waals surface area contributed by atoms with Crippen LogP contribution < -0.4 is 0 Å². The zero-order chi connectivity index (χ0) is 6.95. The number of hydrogen-bond acceptors (Lipinski definition) is 3. The predicted octanol–water partition coefficient (Wildman–Crippen LogP) is 0.434. The van der Waals surface area contributed by atoms with E-state index >= 15 is 0 Å². The molecule has 0 aromatic rings. The summed E-state index contributed by atoms with van der Waals surface area (Å²) in [5.74, 6) is 0. The van der Waals surface area contributed by atoms with Crippen LogP contribution >= 0.6 is 0 Å². The molecule has 1 N–H and O–H groups in total. The average Bonchev–Trinajstić information content (AvgIpc) is 2.43. The average molecular weight is 131 g/mol. The summed E-state index contributed by atoms with van der Waals surface area (Å²) in [7, 11) is 0. The fraction of sp³-hybridized carbons (Fsp3) is 0.833. The van der Waals surface area contributed by atoms with Gasteiger partial charge in [-0.15, -0.1) is 0 Å². The largest absolute Gasteiger partial charge is 0.482 e. The molecule has 1 heterocycles. The van der Waals surface area contributed by atoms with Crippen molar-refractivity contribution >= 4 is 6.40 Å². The Labute approximate surface area is 55.4 Å². The molecule has 0 saturated heterocycles. The van der Waals surface area contributed by atoms with Gasteiger partial charge >= 0.3 is 0 Å². The van der Waals surface area contributed by atoms with E-state index in [0.29, 0.717) is 6.61 Å². The van der Waals surface area contributed by atoms with E-state index in [1.165, 1.54) is 6.40 Å². The first-order valence-electron chi connectivity index (χ1n) is 3.12. The fourth-order valence-electron chi connectivity index (χ4n) is 0.264. The number of ether oxygens (including phenoxy) is 1. The van der Waals surface area contributed by atoms with E-state index in [1.807, 2.05) is 6.92 Å². The zero-order valence-electron chi connectivity index (χ0n) is 5.71.